The van der Waals surface area contributed by atoms with E-state index in [1.54, 1.807) is 17.0 Å². The fraction of sp³-hybridized carbons (Fsp3) is 0.105. The highest BCUT2D eigenvalue weighted by atomic mass is 32.1. The molecule has 0 radical (unpaired) electrons. The number of hydrogen-bond acceptors (Lipinski definition) is 5. The molecule has 1 N–H and O–H groups in total. The van der Waals surface area contributed by atoms with Crippen LogP contribution in [0.4, 0.5) is 0 Å². The average Bonchev–Trinajstić information content (AvgIpc) is 3.34. The number of thiophene rings is 1. The molecule has 0 bridgehead atoms. The van der Waals surface area contributed by atoms with Crippen molar-refractivity contribution in [2.75, 3.05) is 13.2 Å². The van der Waals surface area contributed by atoms with Crippen molar-refractivity contribution in [3.63, 3.8) is 0 Å². The van der Waals surface area contributed by atoms with Gasteiger partial charge in [0.05, 0.1) is 10.6 Å². The number of carbonyl (C=O) groups is 2. The predicted octanol–water partition coefficient (Wildman–Crippen LogP) is 3.06. The van der Waals surface area contributed by atoms with E-state index < -0.39 is 5.97 Å². The van der Waals surface area contributed by atoms with Crippen LogP contribution < -0.4 is 5.32 Å². The van der Waals surface area contributed by atoms with E-state index in [-0.39, 0.29) is 12.5 Å². The molecule has 0 aliphatic heterocycles. The topological polar surface area (TPSA) is 73.2 Å². The van der Waals surface area contributed by atoms with E-state index in [9.17, 15) is 9.59 Å². The number of nitrogens with one attached hydrogen (secondary N) is 1. The van der Waals surface area contributed by atoms with Gasteiger partial charge in [0, 0.05) is 12.7 Å². The van der Waals surface area contributed by atoms with E-state index in [4.69, 9.17) is 4.74 Å². The Bertz CT molecular complexity index is 902. The molecular weight excluding hydrogens is 350 g/mol. The fourth-order valence-electron chi connectivity index (χ4n) is 2.28. The molecule has 0 aliphatic carbocycles. The number of amides is 1. The molecule has 0 aliphatic rings. The molecule has 6 nitrogen and oxygen atoms in total. The molecule has 0 unspecified atom stereocenters. The zero-order valence-electron chi connectivity index (χ0n) is 13.9. The quantitative estimate of drug-likeness (QED) is 0.514. The molecule has 26 heavy (non-hydrogen) atoms. The van der Waals surface area contributed by atoms with Gasteiger partial charge in [0.2, 0.25) is 0 Å². The zero-order chi connectivity index (χ0) is 18.4. The normalized spacial score (nSPS) is 10.3. The highest BCUT2D eigenvalue weighted by molar-refractivity contribution is 7.13. The summed E-state index contributed by atoms with van der Waals surface area (Å²) in [4.78, 5) is 25.0. The second-order valence-electron chi connectivity index (χ2n) is 5.32. The van der Waals surface area contributed by atoms with E-state index in [1.807, 2.05) is 47.8 Å². The molecule has 0 saturated heterocycles. The maximum atomic E-state index is 12.5. The number of esters is 1. The van der Waals surface area contributed by atoms with Crippen molar-refractivity contribution in [2.45, 2.75) is 0 Å². The van der Waals surface area contributed by atoms with Gasteiger partial charge in [0.15, 0.2) is 6.61 Å². The highest BCUT2D eigenvalue weighted by Crippen LogP contribution is 2.28. The fourth-order valence-corrected chi connectivity index (χ4v) is 3.00. The lowest BCUT2D eigenvalue weighted by molar-refractivity contribution is -0.124. The second-order valence-corrected chi connectivity index (χ2v) is 6.27. The van der Waals surface area contributed by atoms with Crippen molar-refractivity contribution in [3.05, 3.63) is 72.3 Å². The third-order valence-corrected chi connectivity index (χ3v) is 4.36. The molecule has 3 aromatic rings. The first-order valence-corrected chi connectivity index (χ1v) is 8.80. The van der Waals surface area contributed by atoms with Gasteiger partial charge in [0.1, 0.15) is 11.3 Å². The maximum Gasteiger partial charge on any atom is 0.342 e. The van der Waals surface area contributed by atoms with Crippen LogP contribution in [0.2, 0.25) is 0 Å². The minimum atomic E-state index is -0.593. The van der Waals surface area contributed by atoms with E-state index in [1.165, 1.54) is 11.3 Å². The molecule has 0 fully saturated rings. The summed E-state index contributed by atoms with van der Waals surface area (Å²) in [7, 11) is 0. The Labute approximate surface area is 154 Å². The molecule has 3 rings (SSSR count). The predicted molar refractivity (Wildman–Crippen MR) is 100 cm³/mol. The standard InChI is InChI=1S/C19H17N3O3S/c1-2-10-20-17(23)13-25-19(24)15-12-22(14-7-4-3-5-8-14)21-18(15)16-9-6-11-26-16/h2-9,11-12H,1,10,13H2,(H,20,23). The van der Waals surface area contributed by atoms with Crippen molar-refractivity contribution in [1.29, 1.82) is 0 Å². The molecule has 0 atom stereocenters. The number of benzene rings is 1. The Balaban J connectivity index is 1.85. The van der Waals surface area contributed by atoms with Crippen LogP contribution >= 0.6 is 11.3 Å². The van der Waals surface area contributed by atoms with Crippen molar-refractivity contribution in [1.82, 2.24) is 15.1 Å². The van der Waals surface area contributed by atoms with Gasteiger partial charge in [-0.25, -0.2) is 9.48 Å². The number of aromatic nitrogens is 2. The Morgan fingerprint density at radius 2 is 2.04 bits per heavy atom. The van der Waals surface area contributed by atoms with E-state index in [2.05, 4.69) is 17.0 Å². The third-order valence-electron chi connectivity index (χ3n) is 3.49. The summed E-state index contributed by atoms with van der Waals surface area (Å²) < 4.78 is 6.77. The third kappa shape index (κ3) is 4.07. The highest BCUT2D eigenvalue weighted by Gasteiger charge is 2.21. The minimum Gasteiger partial charge on any atom is -0.452 e. The summed E-state index contributed by atoms with van der Waals surface area (Å²) in [5, 5.41) is 9.00. The molecular formula is C19H17N3O3S. The number of ether oxygens (including phenoxy) is 1. The molecule has 132 valence electrons. The van der Waals surface area contributed by atoms with Crippen LogP contribution in [0.1, 0.15) is 10.4 Å². The first-order chi connectivity index (χ1) is 12.7. The lowest BCUT2D eigenvalue weighted by Crippen LogP contribution is -2.28. The second kappa shape index (κ2) is 8.26. The van der Waals surface area contributed by atoms with E-state index in [0.717, 1.165) is 10.6 Å². The number of nitrogens with zero attached hydrogens (tertiary/aromatic N) is 2. The number of para-hydroxylation sites is 1. The first kappa shape index (κ1) is 17.6. The number of rotatable bonds is 7. The Morgan fingerprint density at radius 3 is 2.73 bits per heavy atom. The summed E-state index contributed by atoms with van der Waals surface area (Å²) in [5.41, 5.74) is 1.67. The van der Waals surface area contributed by atoms with Gasteiger partial charge < -0.3 is 10.1 Å². The summed E-state index contributed by atoms with van der Waals surface area (Å²) in [6.45, 7) is 3.48. The Kier molecular flexibility index (Phi) is 5.60. The number of carbonyl (C=O) groups excluding carboxylic acids is 2. The lowest BCUT2D eigenvalue weighted by atomic mass is 10.2. The van der Waals surface area contributed by atoms with Gasteiger partial charge in [-0.15, -0.1) is 17.9 Å². The molecule has 2 heterocycles. The summed E-state index contributed by atoms with van der Waals surface area (Å²) in [6.07, 6.45) is 3.17. The van der Waals surface area contributed by atoms with Crippen molar-refractivity contribution >= 4 is 23.2 Å². The zero-order valence-corrected chi connectivity index (χ0v) is 14.7. The summed E-state index contributed by atoms with van der Waals surface area (Å²) in [6, 6.07) is 13.2. The van der Waals surface area contributed by atoms with E-state index in [0.29, 0.717) is 17.8 Å². The largest absolute Gasteiger partial charge is 0.452 e. The first-order valence-electron chi connectivity index (χ1n) is 7.92. The molecule has 2 aromatic heterocycles. The van der Waals surface area contributed by atoms with Crippen LogP contribution in [-0.4, -0.2) is 34.8 Å². The van der Waals surface area contributed by atoms with E-state index >= 15 is 0 Å². The van der Waals surface area contributed by atoms with Crippen LogP contribution in [0.15, 0.2) is 66.7 Å². The SMILES string of the molecule is C=CCNC(=O)COC(=O)c1cn(-c2ccccc2)nc1-c1cccs1. The monoisotopic (exact) mass is 367 g/mol. The van der Waals surface area contributed by atoms with Crippen molar-refractivity contribution < 1.29 is 14.3 Å². The lowest BCUT2D eigenvalue weighted by Gasteiger charge is -2.04. The van der Waals surface area contributed by atoms with Crippen LogP contribution in [-0.2, 0) is 9.53 Å². The molecule has 1 aromatic carbocycles. The van der Waals surface area contributed by atoms with Crippen LogP contribution in [0, 0.1) is 0 Å². The maximum absolute atomic E-state index is 12.5. The van der Waals surface area contributed by atoms with Crippen LogP contribution in [0.5, 0.6) is 0 Å². The molecule has 0 spiro atoms. The molecule has 1 amide bonds. The van der Waals surface area contributed by atoms with Gasteiger partial charge in [-0.2, -0.15) is 5.10 Å². The smallest absolute Gasteiger partial charge is 0.342 e. The van der Waals surface area contributed by atoms with Crippen molar-refractivity contribution in [3.8, 4) is 16.3 Å². The Hall–Kier alpha value is -3.19. The van der Waals surface area contributed by atoms with Gasteiger partial charge >= 0.3 is 5.97 Å². The Morgan fingerprint density at radius 1 is 1.23 bits per heavy atom. The van der Waals surface area contributed by atoms with Gasteiger partial charge in [-0.1, -0.05) is 30.3 Å². The van der Waals surface area contributed by atoms with Crippen LogP contribution in [0.3, 0.4) is 0 Å². The average molecular weight is 367 g/mol. The van der Waals surface area contributed by atoms with Crippen molar-refractivity contribution in [2.24, 2.45) is 0 Å². The van der Waals surface area contributed by atoms with Gasteiger partial charge in [-0.3, -0.25) is 4.79 Å². The summed E-state index contributed by atoms with van der Waals surface area (Å²) >= 11 is 1.48. The molecule has 7 heteroatoms. The van der Waals surface area contributed by atoms with Crippen LogP contribution in [0.25, 0.3) is 16.3 Å². The molecule has 0 saturated carbocycles. The van der Waals surface area contributed by atoms with Gasteiger partial charge in [0.25, 0.3) is 5.91 Å². The summed E-state index contributed by atoms with van der Waals surface area (Å²) in [5.74, 6) is -0.976. The van der Waals surface area contributed by atoms with Gasteiger partial charge in [-0.05, 0) is 23.6 Å². The minimum absolute atomic E-state index is 0.313. The number of hydrogen-bond donors (Lipinski definition) is 1.